The van der Waals surface area contributed by atoms with Crippen molar-refractivity contribution >= 4 is 29.2 Å². The molecule has 0 saturated carbocycles. The summed E-state index contributed by atoms with van der Waals surface area (Å²) in [5.74, 6) is -0.141. The number of nitrogens with zero attached hydrogens (tertiary/aromatic N) is 1. The average Bonchev–Trinajstić information content (AvgIpc) is 2.81. The molecule has 4 nitrogen and oxygen atoms in total. The highest BCUT2D eigenvalue weighted by molar-refractivity contribution is 7.11. The van der Waals surface area contributed by atoms with Crippen molar-refractivity contribution < 1.29 is 9.59 Å². The van der Waals surface area contributed by atoms with Gasteiger partial charge in [-0.15, -0.1) is 11.3 Å². The zero-order valence-electron chi connectivity index (χ0n) is 11.2. The molecule has 0 aliphatic carbocycles. The van der Waals surface area contributed by atoms with Crippen molar-refractivity contribution in [2.45, 2.75) is 26.3 Å². The van der Waals surface area contributed by atoms with Crippen LogP contribution >= 0.6 is 11.3 Å². The molecule has 1 unspecified atom stereocenters. The van der Waals surface area contributed by atoms with E-state index in [0.29, 0.717) is 19.5 Å². The van der Waals surface area contributed by atoms with Gasteiger partial charge in [0.1, 0.15) is 6.04 Å². The lowest BCUT2D eigenvalue weighted by atomic mass is 10.1. The number of carbonyl (C=O) groups excluding carboxylic acids is 2. The van der Waals surface area contributed by atoms with Crippen LogP contribution in [-0.2, 0) is 9.59 Å². The fourth-order valence-electron chi connectivity index (χ4n) is 2.18. The van der Waals surface area contributed by atoms with Crippen molar-refractivity contribution in [2.75, 3.05) is 13.1 Å². The Hall–Kier alpha value is -1.62. The van der Waals surface area contributed by atoms with Crippen LogP contribution in [0.25, 0.3) is 6.08 Å². The maximum absolute atomic E-state index is 12.2. The molecular weight excluding hydrogens is 260 g/mol. The highest BCUT2D eigenvalue weighted by atomic mass is 32.1. The molecule has 102 valence electrons. The van der Waals surface area contributed by atoms with Crippen molar-refractivity contribution in [1.29, 1.82) is 0 Å². The molecule has 1 aliphatic heterocycles. The van der Waals surface area contributed by atoms with Gasteiger partial charge in [-0.05, 0) is 36.4 Å². The Morgan fingerprint density at radius 3 is 3.05 bits per heavy atom. The summed E-state index contributed by atoms with van der Waals surface area (Å²) in [4.78, 5) is 26.6. The first-order chi connectivity index (χ1) is 9.13. The molecule has 1 atom stereocenters. The lowest BCUT2D eigenvalue weighted by molar-refractivity contribution is -0.140. The van der Waals surface area contributed by atoms with Crippen molar-refractivity contribution in [2.24, 2.45) is 0 Å². The molecule has 0 bridgehead atoms. The van der Waals surface area contributed by atoms with Crippen LogP contribution in [0.5, 0.6) is 0 Å². The lowest BCUT2D eigenvalue weighted by Crippen LogP contribution is -2.56. The first-order valence-electron chi connectivity index (χ1n) is 6.44. The predicted octanol–water partition coefficient (Wildman–Crippen LogP) is 1.81. The molecule has 1 saturated heterocycles. The molecular formula is C14H18N2O2S. The van der Waals surface area contributed by atoms with Gasteiger partial charge < -0.3 is 10.2 Å². The van der Waals surface area contributed by atoms with Gasteiger partial charge in [0.25, 0.3) is 0 Å². The van der Waals surface area contributed by atoms with Gasteiger partial charge in [-0.25, -0.2) is 0 Å². The van der Waals surface area contributed by atoms with Gasteiger partial charge in [-0.3, -0.25) is 9.59 Å². The van der Waals surface area contributed by atoms with E-state index in [1.54, 1.807) is 22.3 Å². The third kappa shape index (κ3) is 3.04. The molecule has 19 heavy (non-hydrogen) atoms. The second-order valence-electron chi connectivity index (χ2n) is 4.55. The number of hydrogen-bond donors (Lipinski definition) is 1. The van der Waals surface area contributed by atoms with E-state index in [9.17, 15) is 9.59 Å². The maximum atomic E-state index is 12.2. The van der Waals surface area contributed by atoms with Crippen molar-refractivity contribution in [3.05, 3.63) is 28.0 Å². The average molecular weight is 278 g/mol. The van der Waals surface area contributed by atoms with E-state index in [-0.39, 0.29) is 17.9 Å². The number of aryl methyl sites for hydroxylation is 1. The van der Waals surface area contributed by atoms with Gasteiger partial charge in [0, 0.05) is 24.0 Å². The Morgan fingerprint density at radius 2 is 2.42 bits per heavy atom. The fraction of sp³-hybridized carbons (Fsp3) is 0.429. The SMILES string of the molecule is CCC1C(=O)NCCN1C(=O)/C=C/c1sccc1C. The smallest absolute Gasteiger partial charge is 0.247 e. The zero-order valence-corrected chi connectivity index (χ0v) is 12.0. The summed E-state index contributed by atoms with van der Waals surface area (Å²) in [7, 11) is 0. The first-order valence-corrected chi connectivity index (χ1v) is 7.32. The number of amides is 2. The fourth-order valence-corrected chi connectivity index (χ4v) is 3.00. The molecule has 1 fully saturated rings. The van der Waals surface area contributed by atoms with Gasteiger partial charge in [0.15, 0.2) is 0 Å². The molecule has 1 aromatic rings. The third-order valence-corrected chi connectivity index (χ3v) is 4.26. The largest absolute Gasteiger partial charge is 0.353 e. The Labute approximate surface area is 117 Å². The molecule has 2 heterocycles. The minimum Gasteiger partial charge on any atom is -0.353 e. The van der Waals surface area contributed by atoms with Crippen LogP contribution in [0.4, 0.5) is 0 Å². The Bertz CT molecular complexity index is 507. The van der Waals surface area contributed by atoms with E-state index < -0.39 is 0 Å². The summed E-state index contributed by atoms with van der Waals surface area (Å²) in [6.07, 6.45) is 4.05. The molecule has 0 radical (unpaired) electrons. The molecule has 0 spiro atoms. The summed E-state index contributed by atoms with van der Waals surface area (Å²) in [5, 5.41) is 4.79. The van der Waals surface area contributed by atoms with Crippen LogP contribution in [0.3, 0.4) is 0 Å². The van der Waals surface area contributed by atoms with E-state index in [1.165, 1.54) is 0 Å². The van der Waals surface area contributed by atoms with Gasteiger partial charge in [-0.1, -0.05) is 6.92 Å². The van der Waals surface area contributed by atoms with Crippen molar-refractivity contribution in [3.8, 4) is 0 Å². The van der Waals surface area contributed by atoms with Gasteiger partial charge in [0.2, 0.25) is 11.8 Å². The number of nitrogens with one attached hydrogen (secondary N) is 1. The van der Waals surface area contributed by atoms with E-state index in [4.69, 9.17) is 0 Å². The van der Waals surface area contributed by atoms with Gasteiger partial charge in [0.05, 0.1) is 0 Å². The van der Waals surface area contributed by atoms with E-state index in [0.717, 1.165) is 10.4 Å². The zero-order chi connectivity index (χ0) is 13.8. The minimum atomic E-state index is -0.338. The van der Waals surface area contributed by atoms with E-state index in [2.05, 4.69) is 5.32 Å². The van der Waals surface area contributed by atoms with E-state index in [1.807, 2.05) is 31.4 Å². The normalized spacial score (nSPS) is 19.8. The van der Waals surface area contributed by atoms with Crippen molar-refractivity contribution in [3.63, 3.8) is 0 Å². The quantitative estimate of drug-likeness (QED) is 0.857. The second-order valence-corrected chi connectivity index (χ2v) is 5.50. The number of carbonyl (C=O) groups is 2. The molecule has 1 N–H and O–H groups in total. The standard InChI is InChI=1S/C14H18N2O2S/c1-3-11-14(18)15-7-8-16(11)13(17)5-4-12-10(2)6-9-19-12/h4-6,9,11H,3,7-8H2,1-2H3,(H,15,18)/b5-4+. The van der Waals surface area contributed by atoms with Crippen LogP contribution < -0.4 is 5.32 Å². The Kier molecular flexibility index (Phi) is 4.37. The van der Waals surface area contributed by atoms with Crippen LogP contribution in [-0.4, -0.2) is 35.8 Å². The van der Waals surface area contributed by atoms with E-state index >= 15 is 0 Å². The highest BCUT2D eigenvalue weighted by Gasteiger charge is 2.30. The number of rotatable bonds is 3. The molecule has 2 rings (SSSR count). The summed E-state index contributed by atoms with van der Waals surface area (Å²) >= 11 is 1.61. The second kappa shape index (κ2) is 6.02. The third-order valence-electron chi connectivity index (χ3n) is 3.28. The monoisotopic (exact) mass is 278 g/mol. The van der Waals surface area contributed by atoms with Crippen LogP contribution in [0.15, 0.2) is 17.5 Å². The lowest BCUT2D eigenvalue weighted by Gasteiger charge is -2.33. The number of thiophene rings is 1. The molecule has 1 aromatic heterocycles. The molecule has 5 heteroatoms. The number of hydrogen-bond acceptors (Lipinski definition) is 3. The van der Waals surface area contributed by atoms with Gasteiger partial charge in [-0.2, -0.15) is 0 Å². The first kappa shape index (κ1) is 13.8. The highest BCUT2D eigenvalue weighted by Crippen LogP contribution is 2.17. The van der Waals surface area contributed by atoms with Crippen LogP contribution in [0.2, 0.25) is 0 Å². The predicted molar refractivity (Wildman–Crippen MR) is 76.9 cm³/mol. The number of piperazine rings is 1. The van der Waals surface area contributed by atoms with Crippen molar-refractivity contribution in [1.82, 2.24) is 10.2 Å². The van der Waals surface area contributed by atoms with Gasteiger partial charge >= 0.3 is 0 Å². The topological polar surface area (TPSA) is 49.4 Å². The van der Waals surface area contributed by atoms with Crippen LogP contribution in [0.1, 0.15) is 23.8 Å². The molecule has 2 amide bonds. The minimum absolute atomic E-state index is 0.0530. The Balaban J connectivity index is 2.08. The summed E-state index contributed by atoms with van der Waals surface area (Å²) in [5.41, 5.74) is 1.16. The summed E-state index contributed by atoms with van der Waals surface area (Å²) < 4.78 is 0. The molecule has 1 aliphatic rings. The summed E-state index contributed by atoms with van der Waals surface area (Å²) in [6, 6.07) is 1.69. The Morgan fingerprint density at radius 1 is 1.63 bits per heavy atom. The summed E-state index contributed by atoms with van der Waals surface area (Å²) in [6.45, 7) is 5.05. The van der Waals surface area contributed by atoms with Crippen LogP contribution in [0, 0.1) is 6.92 Å². The molecule has 0 aromatic carbocycles. The maximum Gasteiger partial charge on any atom is 0.247 e.